The molecule has 6 heteroatoms. The van der Waals surface area contributed by atoms with Gasteiger partial charge in [-0.05, 0) is 19.4 Å². The van der Waals surface area contributed by atoms with Crippen molar-refractivity contribution in [3.63, 3.8) is 0 Å². The van der Waals surface area contributed by atoms with Crippen molar-refractivity contribution in [3.05, 3.63) is 27.9 Å². The summed E-state index contributed by atoms with van der Waals surface area (Å²) in [5.41, 5.74) is 0.817. The Hall–Kier alpha value is -0.460. The van der Waals surface area contributed by atoms with Crippen LogP contribution in [-0.4, -0.2) is 33.3 Å². The van der Waals surface area contributed by atoms with Crippen molar-refractivity contribution in [1.29, 1.82) is 0 Å². The molecule has 2 unspecified atom stereocenters. The second kappa shape index (κ2) is 8.10. The van der Waals surface area contributed by atoms with Crippen molar-refractivity contribution >= 4 is 23.5 Å². The first-order chi connectivity index (χ1) is 9.74. The van der Waals surface area contributed by atoms with E-state index < -0.39 is 0 Å². The maximum atomic E-state index is 11.8. The highest BCUT2D eigenvalue weighted by molar-refractivity contribution is 8.06. The Bertz CT molecular complexity index is 478. The molecule has 0 saturated carbocycles. The Balaban J connectivity index is 2.15. The Labute approximate surface area is 128 Å². The van der Waals surface area contributed by atoms with E-state index in [1.807, 2.05) is 23.5 Å². The van der Waals surface area contributed by atoms with Gasteiger partial charge in [0.2, 0.25) is 0 Å². The minimum Gasteiger partial charge on any atom is -0.311 e. The van der Waals surface area contributed by atoms with Crippen molar-refractivity contribution < 1.29 is 0 Å². The molecule has 0 spiro atoms. The third kappa shape index (κ3) is 4.27. The molecular weight excluding hydrogens is 290 g/mol. The van der Waals surface area contributed by atoms with E-state index in [0.29, 0.717) is 17.0 Å². The lowest BCUT2D eigenvalue weighted by Gasteiger charge is -2.29. The summed E-state index contributed by atoms with van der Waals surface area (Å²) in [6, 6.07) is 1.60. The molecule has 2 N–H and O–H groups in total. The Kier molecular flexibility index (Phi) is 6.45. The van der Waals surface area contributed by atoms with Crippen molar-refractivity contribution in [2.24, 2.45) is 0 Å². The van der Waals surface area contributed by atoms with Crippen LogP contribution in [0, 0.1) is 0 Å². The Morgan fingerprint density at radius 3 is 2.95 bits per heavy atom. The molecule has 0 aliphatic carbocycles. The number of thioether (sulfide) groups is 2. The van der Waals surface area contributed by atoms with Crippen molar-refractivity contribution in [1.82, 2.24) is 15.3 Å². The normalized spacial score (nSPS) is 22.9. The number of rotatable bonds is 6. The van der Waals surface area contributed by atoms with Crippen LogP contribution >= 0.6 is 23.5 Å². The zero-order valence-electron chi connectivity index (χ0n) is 12.1. The molecule has 0 aromatic carbocycles. The fourth-order valence-corrected chi connectivity index (χ4v) is 5.32. The van der Waals surface area contributed by atoms with Gasteiger partial charge >= 0.3 is 0 Å². The van der Waals surface area contributed by atoms with Crippen LogP contribution in [0.25, 0.3) is 0 Å². The average Bonchev–Trinajstić information content (AvgIpc) is 2.47. The third-order valence-electron chi connectivity index (χ3n) is 3.27. The van der Waals surface area contributed by atoms with Gasteiger partial charge in [0.05, 0.1) is 10.9 Å². The van der Waals surface area contributed by atoms with E-state index in [1.165, 1.54) is 5.75 Å². The molecule has 0 bridgehead atoms. The number of aromatic amines is 1. The van der Waals surface area contributed by atoms with Crippen LogP contribution in [0.4, 0.5) is 0 Å². The summed E-state index contributed by atoms with van der Waals surface area (Å²) in [6.07, 6.45) is 2.20. The van der Waals surface area contributed by atoms with Gasteiger partial charge in [-0.25, -0.2) is 4.98 Å². The Morgan fingerprint density at radius 1 is 1.40 bits per heavy atom. The molecule has 1 aliphatic heterocycles. The smallest absolute Gasteiger partial charge is 0.251 e. The van der Waals surface area contributed by atoms with Crippen LogP contribution in [0.1, 0.15) is 43.5 Å². The number of H-pyrrole nitrogens is 1. The minimum absolute atomic E-state index is 0.0330. The lowest BCUT2D eigenvalue weighted by Crippen LogP contribution is -2.25. The molecule has 1 fully saturated rings. The second-order valence-corrected chi connectivity index (χ2v) is 7.50. The highest BCUT2D eigenvalue weighted by Gasteiger charge is 2.28. The van der Waals surface area contributed by atoms with Gasteiger partial charge < -0.3 is 10.3 Å². The molecule has 1 aromatic heterocycles. The van der Waals surface area contributed by atoms with Gasteiger partial charge in [-0.15, -0.1) is 11.8 Å². The zero-order chi connectivity index (χ0) is 14.4. The van der Waals surface area contributed by atoms with E-state index in [4.69, 9.17) is 0 Å². The molecule has 2 atom stereocenters. The number of aromatic nitrogens is 2. The quantitative estimate of drug-likeness (QED) is 0.791. The van der Waals surface area contributed by atoms with Gasteiger partial charge in [0.15, 0.2) is 0 Å². The molecule has 4 nitrogen and oxygen atoms in total. The minimum atomic E-state index is -0.0330. The predicted molar refractivity (Wildman–Crippen MR) is 88.6 cm³/mol. The lowest BCUT2D eigenvalue weighted by molar-refractivity contribution is 0.652. The van der Waals surface area contributed by atoms with Crippen molar-refractivity contribution in [3.8, 4) is 0 Å². The predicted octanol–water partition coefficient (Wildman–Crippen LogP) is 2.57. The standard InChI is InChI=1S/C14H23N3OS2/c1-3-5-15-9-10-8-12(18)17-14(16-10)13-11(4-2)19-6-7-20-13/h8,11,13,15H,3-7,9H2,1-2H3,(H,16,17,18). The molecule has 20 heavy (non-hydrogen) atoms. The first kappa shape index (κ1) is 15.9. The van der Waals surface area contributed by atoms with Crippen LogP contribution in [0.3, 0.4) is 0 Å². The van der Waals surface area contributed by atoms with Gasteiger partial charge in [0.25, 0.3) is 5.56 Å². The molecule has 0 amide bonds. The second-order valence-electron chi connectivity index (χ2n) is 4.91. The van der Waals surface area contributed by atoms with Gasteiger partial charge in [-0.1, -0.05) is 13.8 Å². The number of nitrogens with one attached hydrogen (secondary N) is 2. The van der Waals surface area contributed by atoms with E-state index in [9.17, 15) is 4.79 Å². The van der Waals surface area contributed by atoms with Gasteiger partial charge in [0, 0.05) is 29.4 Å². The SMILES string of the molecule is CCCNCc1cc(=O)[nH]c(C2SCCSC2CC)n1. The zero-order valence-corrected chi connectivity index (χ0v) is 13.8. The molecule has 1 saturated heterocycles. The topological polar surface area (TPSA) is 57.8 Å². The summed E-state index contributed by atoms with van der Waals surface area (Å²) in [4.78, 5) is 19.5. The third-order valence-corrected chi connectivity index (χ3v) is 6.52. The van der Waals surface area contributed by atoms with Crippen LogP contribution in [-0.2, 0) is 6.54 Å². The first-order valence-corrected chi connectivity index (χ1v) is 9.38. The average molecular weight is 313 g/mol. The molecule has 2 rings (SSSR count). The van der Waals surface area contributed by atoms with Crippen molar-refractivity contribution in [2.45, 2.75) is 43.7 Å². The molecule has 1 aromatic rings. The summed E-state index contributed by atoms with van der Waals surface area (Å²) in [5, 5.41) is 4.18. The monoisotopic (exact) mass is 313 g/mol. The summed E-state index contributed by atoms with van der Waals surface area (Å²) >= 11 is 3.92. The summed E-state index contributed by atoms with van der Waals surface area (Å²) in [6.45, 7) is 5.97. The van der Waals surface area contributed by atoms with Crippen molar-refractivity contribution in [2.75, 3.05) is 18.1 Å². The highest BCUT2D eigenvalue weighted by Crippen LogP contribution is 2.42. The van der Waals surface area contributed by atoms with Crippen LogP contribution < -0.4 is 10.9 Å². The maximum absolute atomic E-state index is 11.8. The van der Waals surface area contributed by atoms with Gasteiger partial charge in [-0.2, -0.15) is 11.8 Å². The summed E-state index contributed by atoms with van der Waals surface area (Å²) in [5.74, 6) is 3.19. The lowest BCUT2D eigenvalue weighted by atomic mass is 10.2. The maximum Gasteiger partial charge on any atom is 0.251 e. The molecule has 0 radical (unpaired) electrons. The van der Waals surface area contributed by atoms with E-state index in [-0.39, 0.29) is 5.56 Å². The molecular formula is C14H23N3OS2. The van der Waals surface area contributed by atoms with E-state index in [2.05, 4.69) is 29.1 Å². The fraction of sp³-hybridized carbons (Fsp3) is 0.714. The fourth-order valence-electron chi connectivity index (χ4n) is 2.30. The van der Waals surface area contributed by atoms with E-state index in [0.717, 1.165) is 36.7 Å². The number of nitrogens with zero attached hydrogens (tertiary/aromatic N) is 1. The number of hydrogen-bond donors (Lipinski definition) is 2. The summed E-state index contributed by atoms with van der Waals surface area (Å²) < 4.78 is 0. The van der Waals surface area contributed by atoms with E-state index in [1.54, 1.807) is 6.07 Å². The molecule has 112 valence electrons. The number of hydrogen-bond acceptors (Lipinski definition) is 5. The summed E-state index contributed by atoms with van der Waals surface area (Å²) in [7, 11) is 0. The molecule has 2 heterocycles. The first-order valence-electron chi connectivity index (χ1n) is 7.28. The van der Waals surface area contributed by atoms with Gasteiger partial charge in [0.1, 0.15) is 5.82 Å². The molecule has 1 aliphatic rings. The Morgan fingerprint density at radius 2 is 2.20 bits per heavy atom. The van der Waals surface area contributed by atoms with Gasteiger partial charge in [-0.3, -0.25) is 4.79 Å². The van der Waals surface area contributed by atoms with E-state index >= 15 is 0 Å². The van der Waals surface area contributed by atoms with Crippen LogP contribution in [0.2, 0.25) is 0 Å². The van der Waals surface area contributed by atoms with Crippen LogP contribution in [0.15, 0.2) is 10.9 Å². The van der Waals surface area contributed by atoms with Crippen LogP contribution in [0.5, 0.6) is 0 Å². The highest BCUT2D eigenvalue weighted by atomic mass is 32.2. The largest absolute Gasteiger partial charge is 0.311 e.